The van der Waals surface area contributed by atoms with Crippen LogP contribution in [0.3, 0.4) is 0 Å². The molecule has 2 aromatic rings. The van der Waals surface area contributed by atoms with E-state index in [4.69, 9.17) is 5.21 Å². The standard InChI is InChI=1S/C14H15N3O/c1-11-13(10-16-18)7-8-14(17-11)15-9-12-5-3-2-4-6-12/h2-8,10,18H,9H2,1H3,(H,15,17)/b16-10-. The maximum absolute atomic E-state index is 8.49. The minimum atomic E-state index is 0.737. The van der Waals surface area contributed by atoms with Crippen molar-refractivity contribution in [1.29, 1.82) is 0 Å². The Labute approximate surface area is 106 Å². The Morgan fingerprint density at radius 1 is 1.22 bits per heavy atom. The second-order valence-corrected chi connectivity index (χ2v) is 3.95. The third kappa shape index (κ3) is 3.07. The van der Waals surface area contributed by atoms with Gasteiger partial charge in [0.05, 0.1) is 6.21 Å². The van der Waals surface area contributed by atoms with Gasteiger partial charge in [-0.2, -0.15) is 0 Å². The molecule has 0 radical (unpaired) electrons. The van der Waals surface area contributed by atoms with E-state index in [2.05, 4.69) is 27.6 Å². The lowest BCUT2D eigenvalue weighted by Crippen LogP contribution is -2.03. The lowest BCUT2D eigenvalue weighted by molar-refractivity contribution is 0.322. The van der Waals surface area contributed by atoms with Gasteiger partial charge in [0, 0.05) is 17.8 Å². The van der Waals surface area contributed by atoms with Crippen molar-refractivity contribution in [2.24, 2.45) is 5.16 Å². The number of nitrogens with one attached hydrogen (secondary N) is 1. The Morgan fingerprint density at radius 3 is 2.67 bits per heavy atom. The molecule has 0 saturated carbocycles. The molecule has 1 aromatic heterocycles. The van der Waals surface area contributed by atoms with Crippen LogP contribution in [-0.4, -0.2) is 16.4 Å². The second-order valence-electron chi connectivity index (χ2n) is 3.95. The van der Waals surface area contributed by atoms with Gasteiger partial charge in [0.2, 0.25) is 0 Å². The third-order valence-corrected chi connectivity index (χ3v) is 2.64. The second kappa shape index (κ2) is 5.82. The number of anilines is 1. The molecular weight excluding hydrogens is 226 g/mol. The number of aryl methyl sites for hydroxylation is 1. The molecule has 0 spiro atoms. The third-order valence-electron chi connectivity index (χ3n) is 2.64. The van der Waals surface area contributed by atoms with Crippen molar-refractivity contribution < 1.29 is 5.21 Å². The smallest absolute Gasteiger partial charge is 0.126 e. The van der Waals surface area contributed by atoms with E-state index in [9.17, 15) is 0 Å². The van der Waals surface area contributed by atoms with Crippen molar-refractivity contribution in [1.82, 2.24) is 4.98 Å². The first-order chi connectivity index (χ1) is 8.79. The number of pyridine rings is 1. The number of rotatable bonds is 4. The molecule has 0 atom stereocenters. The maximum Gasteiger partial charge on any atom is 0.126 e. The summed E-state index contributed by atoms with van der Waals surface area (Å²) in [5.41, 5.74) is 2.84. The van der Waals surface area contributed by atoms with Crippen LogP contribution in [0.5, 0.6) is 0 Å². The van der Waals surface area contributed by atoms with E-state index >= 15 is 0 Å². The van der Waals surface area contributed by atoms with Crippen LogP contribution in [0, 0.1) is 6.92 Å². The number of nitrogens with zero attached hydrogens (tertiary/aromatic N) is 2. The fourth-order valence-electron chi connectivity index (χ4n) is 1.66. The molecule has 1 aromatic carbocycles. The zero-order valence-corrected chi connectivity index (χ0v) is 10.2. The molecule has 2 rings (SSSR count). The van der Waals surface area contributed by atoms with Crippen molar-refractivity contribution >= 4 is 12.0 Å². The molecule has 0 saturated heterocycles. The van der Waals surface area contributed by atoms with E-state index in [1.165, 1.54) is 11.8 Å². The SMILES string of the molecule is Cc1nc(NCc2ccccc2)ccc1/C=N\O. The molecule has 4 nitrogen and oxygen atoms in total. The van der Waals surface area contributed by atoms with Gasteiger partial charge in [0.1, 0.15) is 5.82 Å². The highest BCUT2D eigenvalue weighted by Crippen LogP contribution is 2.10. The van der Waals surface area contributed by atoms with Crippen molar-refractivity contribution in [3.8, 4) is 0 Å². The van der Waals surface area contributed by atoms with Crippen LogP contribution in [0.4, 0.5) is 5.82 Å². The van der Waals surface area contributed by atoms with Gasteiger partial charge in [-0.25, -0.2) is 4.98 Å². The maximum atomic E-state index is 8.49. The lowest BCUT2D eigenvalue weighted by Gasteiger charge is -2.07. The largest absolute Gasteiger partial charge is 0.411 e. The fourth-order valence-corrected chi connectivity index (χ4v) is 1.66. The highest BCUT2D eigenvalue weighted by molar-refractivity contribution is 5.80. The Hall–Kier alpha value is -2.36. The van der Waals surface area contributed by atoms with E-state index < -0.39 is 0 Å². The van der Waals surface area contributed by atoms with Crippen LogP contribution < -0.4 is 5.32 Å². The first-order valence-corrected chi connectivity index (χ1v) is 5.72. The van der Waals surface area contributed by atoms with E-state index in [-0.39, 0.29) is 0 Å². The molecule has 0 aliphatic heterocycles. The quantitative estimate of drug-likeness (QED) is 0.491. The summed E-state index contributed by atoms with van der Waals surface area (Å²) in [7, 11) is 0. The van der Waals surface area contributed by atoms with Gasteiger partial charge in [0.25, 0.3) is 0 Å². The number of oxime groups is 1. The van der Waals surface area contributed by atoms with Crippen molar-refractivity contribution in [3.63, 3.8) is 0 Å². The minimum Gasteiger partial charge on any atom is -0.411 e. The van der Waals surface area contributed by atoms with Crippen molar-refractivity contribution in [2.45, 2.75) is 13.5 Å². The van der Waals surface area contributed by atoms with Gasteiger partial charge in [-0.3, -0.25) is 0 Å². The normalized spacial score (nSPS) is 10.7. The number of benzene rings is 1. The number of hydrogen-bond acceptors (Lipinski definition) is 4. The van der Waals surface area contributed by atoms with Crippen LogP contribution in [0.15, 0.2) is 47.6 Å². The minimum absolute atomic E-state index is 0.737. The average Bonchev–Trinajstić information content (AvgIpc) is 2.41. The van der Waals surface area contributed by atoms with E-state index in [0.717, 1.165) is 23.6 Å². The van der Waals surface area contributed by atoms with E-state index in [1.54, 1.807) is 0 Å². The topological polar surface area (TPSA) is 57.5 Å². The summed E-state index contributed by atoms with van der Waals surface area (Å²) >= 11 is 0. The molecule has 0 amide bonds. The van der Waals surface area contributed by atoms with Gasteiger partial charge in [-0.15, -0.1) is 0 Å². The predicted molar refractivity (Wildman–Crippen MR) is 72.1 cm³/mol. The monoisotopic (exact) mass is 241 g/mol. The summed E-state index contributed by atoms with van der Waals surface area (Å²) in [4.78, 5) is 4.39. The van der Waals surface area contributed by atoms with E-state index in [0.29, 0.717) is 0 Å². The highest BCUT2D eigenvalue weighted by atomic mass is 16.4. The first-order valence-electron chi connectivity index (χ1n) is 5.72. The number of hydrogen-bond donors (Lipinski definition) is 2. The van der Waals surface area contributed by atoms with Crippen LogP contribution in [0.2, 0.25) is 0 Å². The van der Waals surface area contributed by atoms with Crippen LogP contribution in [0.25, 0.3) is 0 Å². The molecule has 0 aliphatic carbocycles. The van der Waals surface area contributed by atoms with Gasteiger partial charge in [0.15, 0.2) is 0 Å². The summed E-state index contributed by atoms with van der Waals surface area (Å²) in [5.74, 6) is 0.812. The summed E-state index contributed by atoms with van der Waals surface area (Å²) in [6.45, 7) is 2.62. The average molecular weight is 241 g/mol. The Kier molecular flexibility index (Phi) is 3.91. The zero-order chi connectivity index (χ0) is 12.8. The Bertz CT molecular complexity index is 538. The molecular formula is C14H15N3O. The predicted octanol–water partition coefficient (Wildman–Crippen LogP) is 2.81. The van der Waals surface area contributed by atoms with Crippen LogP contribution in [-0.2, 0) is 6.54 Å². The highest BCUT2D eigenvalue weighted by Gasteiger charge is 2.00. The zero-order valence-electron chi connectivity index (χ0n) is 10.2. The molecule has 0 fully saturated rings. The molecule has 18 heavy (non-hydrogen) atoms. The van der Waals surface area contributed by atoms with Gasteiger partial charge < -0.3 is 10.5 Å². The molecule has 0 unspecified atom stereocenters. The van der Waals surface area contributed by atoms with Crippen LogP contribution in [0.1, 0.15) is 16.8 Å². The Balaban J connectivity index is 2.04. The Morgan fingerprint density at radius 2 is 2.00 bits per heavy atom. The summed E-state index contributed by atoms with van der Waals surface area (Å²) in [6.07, 6.45) is 1.38. The summed E-state index contributed by atoms with van der Waals surface area (Å²) < 4.78 is 0. The summed E-state index contributed by atoms with van der Waals surface area (Å²) in [5, 5.41) is 14.7. The molecule has 0 bridgehead atoms. The van der Waals surface area contributed by atoms with Crippen molar-refractivity contribution in [2.75, 3.05) is 5.32 Å². The van der Waals surface area contributed by atoms with Gasteiger partial charge >= 0.3 is 0 Å². The molecule has 2 N–H and O–H groups in total. The van der Waals surface area contributed by atoms with Crippen molar-refractivity contribution in [3.05, 3.63) is 59.3 Å². The first kappa shape index (κ1) is 12.1. The summed E-state index contributed by atoms with van der Waals surface area (Å²) in [6, 6.07) is 13.9. The van der Waals surface area contributed by atoms with Gasteiger partial charge in [-0.05, 0) is 24.6 Å². The molecule has 92 valence electrons. The molecule has 4 heteroatoms. The van der Waals surface area contributed by atoms with Crippen LogP contribution >= 0.6 is 0 Å². The van der Waals surface area contributed by atoms with E-state index in [1.807, 2.05) is 37.3 Å². The van der Waals surface area contributed by atoms with Gasteiger partial charge in [-0.1, -0.05) is 35.5 Å². The molecule has 0 aliphatic rings. The number of aromatic nitrogens is 1. The molecule has 1 heterocycles. The lowest BCUT2D eigenvalue weighted by atomic mass is 10.2. The fraction of sp³-hybridized carbons (Fsp3) is 0.143.